The molecule has 7 rings (SSSR count). The second-order valence-corrected chi connectivity index (χ2v) is 19.4. The van der Waals surface area contributed by atoms with Crippen molar-refractivity contribution < 1.29 is 110 Å². The van der Waals surface area contributed by atoms with E-state index < -0.39 is 194 Å². The number of hydrogen-bond donors (Lipinski definition) is 0. The van der Waals surface area contributed by atoms with Crippen molar-refractivity contribution in [3.8, 4) is 45.6 Å². The van der Waals surface area contributed by atoms with Gasteiger partial charge in [-0.3, -0.25) is 0 Å². The van der Waals surface area contributed by atoms with Crippen molar-refractivity contribution in [1.82, 2.24) is 0 Å². The van der Waals surface area contributed by atoms with Gasteiger partial charge in [0.2, 0.25) is 0 Å². The number of aryl methyl sites for hydroxylation is 1. The summed E-state index contributed by atoms with van der Waals surface area (Å²) in [7, 11) is 0. The Kier molecular flexibility index (Phi) is 14.9. The van der Waals surface area contributed by atoms with Crippen molar-refractivity contribution >= 4 is 26.2 Å². The average molecular weight is 1170 g/mol. The van der Waals surface area contributed by atoms with Crippen LogP contribution in [0.25, 0.3) is 11.1 Å². The molecule has 0 amide bonds. The van der Waals surface area contributed by atoms with Gasteiger partial charge in [0.05, 0.1) is 0 Å². The number of rotatable bonds is 12. The molecular formula is C47H19F20IO5. The standard InChI is InChI=1S/C47H19F20IO5/c1-13(2)15-6-10-17(11-7-15)68(16-8-4-14(3)5-9-16)73-47(69)18-12-19(70-44-36(62)30(56)27(53)31(57)37(44)63)42(71-45-38(64)32(58)28(54)33(59)39(45)65)43(72-46-40(66)34(60)29(55)35(61)41(46)67)20(18)21-22(48)24(50)26(52)25(51)23(21)49/h4-13H,1-3H3. The van der Waals surface area contributed by atoms with Gasteiger partial charge in [0.1, 0.15) is 0 Å². The molecule has 0 heterocycles. The van der Waals surface area contributed by atoms with Crippen LogP contribution in [0, 0.1) is 130 Å². The number of ether oxygens (including phenoxy) is 3. The average Bonchev–Trinajstić information content (AvgIpc) is 3.37. The Hall–Kier alpha value is -7.26. The Labute approximate surface area is 402 Å². The second-order valence-electron chi connectivity index (χ2n) is 15.0. The Morgan fingerprint density at radius 2 is 0.699 bits per heavy atom. The fourth-order valence-corrected chi connectivity index (χ4v) is 10.3. The summed E-state index contributed by atoms with van der Waals surface area (Å²) in [5.74, 6) is -79.2. The van der Waals surface area contributed by atoms with E-state index in [0.717, 1.165) is 0 Å². The Morgan fingerprint density at radius 3 is 1.07 bits per heavy atom. The fraction of sp³-hybridized carbons (Fsp3) is 0.0851. The summed E-state index contributed by atoms with van der Waals surface area (Å²) >= 11 is -4.11. The maximum absolute atomic E-state index is 16.3. The molecular weight excluding hydrogens is 1150 g/mol. The van der Waals surface area contributed by atoms with Gasteiger partial charge < -0.3 is 0 Å². The SMILES string of the molecule is Cc1ccc(I(OC(=O)c2cc(Oc3c(F)c(F)c(F)c(F)c3F)c(Oc3c(F)c(F)c(F)c(F)c3F)c(Oc3c(F)c(F)c(F)c(F)c3F)c2-c2c(F)c(F)c(F)c(F)c2F)c2ccc(C(C)C)cc2)cc1. The summed E-state index contributed by atoms with van der Waals surface area (Å²) < 4.78 is 322. The van der Waals surface area contributed by atoms with Crippen LogP contribution in [-0.2, 0) is 3.07 Å². The summed E-state index contributed by atoms with van der Waals surface area (Å²) in [6, 6.07) is 10.9. The quantitative estimate of drug-likeness (QED) is 0.0528. The minimum absolute atomic E-state index is 0.0836. The normalized spacial score (nSPS) is 11.6. The van der Waals surface area contributed by atoms with Crippen LogP contribution in [0.15, 0.2) is 54.6 Å². The number of hydrogen-bond acceptors (Lipinski definition) is 5. The van der Waals surface area contributed by atoms with Gasteiger partial charge in [-0.25, -0.2) is 0 Å². The zero-order chi connectivity index (χ0) is 54.0. The van der Waals surface area contributed by atoms with Crippen LogP contribution < -0.4 is 14.2 Å². The molecule has 26 heteroatoms. The summed E-state index contributed by atoms with van der Waals surface area (Å²) in [5.41, 5.74) is -5.79. The van der Waals surface area contributed by atoms with Crippen molar-refractivity contribution in [3.63, 3.8) is 0 Å². The van der Waals surface area contributed by atoms with Crippen LogP contribution in [0.2, 0.25) is 0 Å². The van der Waals surface area contributed by atoms with E-state index in [1.807, 2.05) is 0 Å². The van der Waals surface area contributed by atoms with Gasteiger partial charge in [0.25, 0.3) is 0 Å². The maximum atomic E-state index is 16.3. The molecule has 0 unspecified atom stereocenters. The van der Waals surface area contributed by atoms with E-state index in [1.54, 1.807) is 20.8 Å². The molecule has 0 bridgehead atoms. The molecule has 0 fully saturated rings. The monoisotopic (exact) mass is 1170 g/mol. The number of halogens is 21. The third-order valence-corrected chi connectivity index (χ3v) is 14.6. The first-order chi connectivity index (χ1) is 34.2. The number of carbonyl (C=O) groups excluding carboxylic acids is 1. The van der Waals surface area contributed by atoms with E-state index in [-0.39, 0.29) is 19.1 Å². The van der Waals surface area contributed by atoms with Crippen LogP contribution in [0.4, 0.5) is 87.8 Å². The number of benzene rings is 7. The van der Waals surface area contributed by atoms with Gasteiger partial charge in [0, 0.05) is 0 Å². The molecule has 384 valence electrons. The van der Waals surface area contributed by atoms with Crippen molar-refractivity contribution in [2.24, 2.45) is 0 Å². The summed E-state index contributed by atoms with van der Waals surface area (Å²) in [6.07, 6.45) is 0. The molecule has 0 aliphatic heterocycles. The minimum atomic E-state index is -4.11. The molecule has 0 aliphatic carbocycles. The molecule has 0 aliphatic rings. The van der Waals surface area contributed by atoms with E-state index in [4.69, 9.17) is 17.3 Å². The predicted molar refractivity (Wildman–Crippen MR) is 219 cm³/mol. The van der Waals surface area contributed by atoms with Gasteiger partial charge in [-0.05, 0) is 0 Å². The van der Waals surface area contributed by atoms with Gasteiger partial charge in [-0.2, -0.15) is 0 Å². The molecule has 73 heavy (non-hydrogen) atoms. The molecule has 5 nitrogen and oxygen atoms in total. The van der Waals surface area contributed by atoms with Crippen molar-refractivity contribution in [2.75, 3.05) is 0 Å². The van der Waals surface area contributed by atoms with Crippen molar-refractivity contribution in [1.29, 1.82) is 0 Å². The zero-order valence-corrected chi connectivity index (χ0v) is 37.9. The topological polar surface area (TPSA) is 54.0 Å². The molecule has 0 atom stereocenters. The van der Waals surface area contributed by atoms with Gasteiger partial charge in [0.15, 0.2) is 0 Å². The van der Waals surface area contributed by atoms with E-state index in [0.29, 0.717) is 11.1 Å². The molecule has 0 aromatic heterocycles. The molecule has 0 N–H and O–H groups in total. The van der Waals surface area contributed by atoms with E-state index in [2.05, 4.69) is 0 Å². The van der Waals surface area contributed by atoms with E-state index in [9.17, 15) is 48.7 Å². The van der Waals surface area contributed by atoms with Crippen molar-refractivity contribution in [2.45, 2.75) is 26.7 Å². The summed E-state index contributed by atoms with van der Waals surface area (Å²) in [4.78, 5) is 14.8. The first-order valence-electron chi connectivity index (χ1n) is 19.6. The van der Waals surface area contributed by atoms with Crippen LogP contribution in [0.1, 0.15) is 41.3 Å². The summed E-state index contributed by atoms with van der Waals surface area (Å²) in [5, 5.41) is 0. The molecule has 0 spiro atoms. The van der Waals surface area contributed by atoms with Crippen molar-refractivity contribution in [3.05, 3.63) is 195 Å². The molecule has 7 aromatic carbocycles. The van der Waals surface area contributed by atoms with Crippen LogP contribution in [0.3, 0.4) is 0 Å². The van der Waals surface area contributed by atoms with Gasteiger partial charge >= 0.3 is 403 Å². The second kappa shape index (κ2) is 20.3. The van der Waals surface area contributed by atoms with Crippen LogP contribution in [0.5, 0.6) is 34.5 Å². The Morgan fingerprint density at radius 1 is 0.384 bits per heavy atom. The van der Waals surface area contributed by atoms with E-state index in [1.165, 1.54) is 48.5 Å². The first kappa shape index (κ1) is 53.5. The third-order valence-electron chi connectivity index (χ3n) is 10.1. The first-order valence-corrected chi connectivity index (χ1v) is 22.6. The fourth-order valence-electron chi connectivity index (χ4n) is 6.39. The molecule has 0 radical (unpaired) electrons. The van der Waals surface area contributed by atoms with Gasteiger partial charge in [-0.15, -0.1) is 0 Å². The van der Waals surface area contributed by atoms with Crippen LogP contribution >= 0.6 is 20.2 Å². The Balaban J connectivity index is 1.71. The molecule has 7 aromatic rings. The van der Waals surface area contributed by atoms with E-state index >= 15 is 43.9 Å². The predicted octanol–water partition coefficient (Wildman–Crippen LogP) is 16.3. The third kappa shape index (κ3) is 9.39. The van der Waals surface area contributed by atoms with Gasteiger partial charge in [-0.1, -0.05) is 0 Å². The molecule has 0 saturated heterocycles. The molecule has 0 saturated carbocycles. The van der Waals surface area contributed by atoms with Crippen LogP contribution in [-0.4, -0.2) is 5.97 Å². The zero-order valence-electron chi connectivity index (χ0n) is 35.8. The summed E-state index contributed by atoms with van der Waals surface area (Å²) in [6.45, 7) is 5.09. The Bertz CT molecular complexity index is 3310. The number of carbonyl (C=O) groups is 1.